The summed E-state index contributed by atoms with van der Waals surface area (Å²) in [5.74, 6) is 0.540. The highest BCUT2D eigenvalue weighted by Crippen LogP contribution is 2.32. The number of nitrogens with one attached hydrogen (secondary N) is 1. The van der Waals surface area contributed by atoms with Crippen molar-refractivity contribution in [3.63, 3.8) is 0 Å². The standard InChI is InChI=1S/C15H22N2O2S/c1-11-5-7-15(10-18,8-6-11)17-13(19)12-4-3-9-16-14(12)20-2/h3-4,9,11,18H,5-8,10H2,1-2H3,(H,17,19). The maximum atomic E-state index is 12.5. The zero-order chi connectivity index (χ0) is 14.6. The maximum Gasteiger partial charge on any atom is 0.254 e. The number of carbonyl (C=O) groups is 1. The van der Waals surface area contributed by atoms with Crippen molar-refractivity contribution in [2.45, 2.75) is 43.2 Å². The summed E-state index contributed by atoms with van der Waals surface area (Å²) in [5, 5.41) is 13.5. The fraction of sp³-hybridized carbons (Fsp3) is 0.600. The Kier molecular flexibility index (Phi) is 5.05. The van der Waals surface area contributed by atoms with Gasteiger partial charge in [-0.05, 0) is 50.0 Å². The van der Waals surface area contributed by atoms with E-state index >= 15 is 0 Å². The minimum atomic E-state index is -0.463. The van der Waals surface area contributed by atoms with Crippen LogP contribution in [-0.2, 0) is 0 Å². The van der Waals surface area contributed by atoms with Gasteiger partial charge in [0.1, 0.15) is 5.03 Å². The van der Waals surface area contributed by atoms with E-state index in [4.69, 9.17) is 0 Å². The van der Waals surface area contributed by atoms with Gasteiger partial charge in [-0.3, -0.25) is 4.79 Å². The molecule has 110 valence electrons. The highest BCUT2D eigenvalue weighted by Gasteiger charge is 2.35. The predicted octanol–water partition coefficient (Wildman–Crippen LogP) is 2.47. The molecule has 0 atom stereocenters. The zero-order valence-corrected chi connectivity index (χ0v) is 12.9. The van der Waals surface area contributed by atoms with Crippen molar-refractivity contribution in [1.29, 1.82) is 0 Å². The number of rotatable bonds is 4. The van der Waals surface area contributed by atoms with Gasteiger partial charge < -0.3 is 10.4 Å². The second kappa shape index (κ2) is 6.59. The number of thioether (sulfide) groups is 1. The first kappa shape index (κ1) is 15.3. The zero-order valence-electron chi connectivity index (χ0n) is 12.1. The Hall–Kier alpha value is -1.07. The second-order valence-electron chi connectivity index (χ2n) is 5.64. The lowest BCUT2D eigenvalue weighted by molar-refractivity contribution is 0.0714. The first-order valence-corrected chi connectivity index (χ1v) is 8.25. The van der Waals surface area contributed by atoms with Crippen molar-refractivity contribution >= 4 is 17.7 Å². The van der Waals surface area contributed by atoms with Gasteiger partial charge in [0, 0.05) is 6.20 Å². The summed E-state index contributed by atoms with van der Waals surface area (Å²) in [6.45, 7) is 2.22. The monoisotopic (exact) mass is 294 g/mol. The minimum Gasteiger partial charge on any atom is -0.394 e. The molecule has 0 bridgehead atoms. The van der Waals surface area contributed by atoms with Gasteiger partial charge in [0.15, 0.2) is 0 Å². The van der Waals surface area contributed by atoms with Gasteiger partial charge in [0.2, 0.25) is 0 Å². The molecule has 0 spiro atoms. The quantitative estimate of drug-likeness (QED) is 0.838. The van der Waals surface area contributed by atoms with Crippen LogP contribution in [0.4, 0.5) is 0 Å². The minimum absolute atomic E-state index is 0.000321. The van der Waals surface area contributed by atoms with Crippen molar-refractivity contribution in [2.24, 2.45) is 5.92 Å². The van der Waals surface area contributed by atoms with Crippen molar-refractivity contribution in [1.82, 2.24) is 10.3 Å². The Morgan fingerprint density at radius 1 is 1.55 bits per heavy atom. The average Bonchev–Trinajstić information content (AvgIpc) is 2.49. The van der Waals surface area contributed by atoms with Crippen molar-refractivity contribution in [3.8, 4) is 0 Å². The van der Waals surface area contributed by atoms with Crippen LogP contribution in [0.25, 0.3) is 0 Å². The largest absolute Gasteiger partial charge is 0.394 e. The summed E-state index contributed by atoms with van der Waals surface area (Å²) in [6, 6.07) is 3.55. The van der Waals surface area contributed by atoms with Crippen molar-refractivity contribution < 1.29 is 9.90 Å². The van der Waals surface area contributed by atoms with E-state index in [2.05, 4.69) is 17.2 Å². The molecule has 4 nitrogen and oxygen atoms in total. The van der Waals surface area contributed by atoms with Crippen LogP contribution in [0.5, 0.6) is 0 Å². The Labute approximate surface area is 124 Å². The van der Waals surface area contributed by atoms with Crippen molar-refractivity contribution in [2.75, 3.05) is 12.9 Å². The molecule has 1 heterocycles. The number of amides is 1. The number of aliphatic hydroxyl groups excluding tert-OH is 1. The topological polar surface area (TPSA) is 62.2 Å². The molecule has 1 aliphatic carbocycles. The lowest BCUT2D eigenvalue weighted by Gasteiger charge is -2.38. The molecule has 0 unspecified atom stereocenters. The molecule has 1 aromatic rings. The van der Waals surface area contributed by atoms with Crippen molar-refractivity contribution in [3.05, 3.63) is 23.9 Å². The summed E-state index contributed by atoms with van der Waals surface area (Å²) in [5.41, 5.74) is 0.126. The Morgan fingerprint density at radius 2 is 2.25 bits per heavy atom. The van der Waals surface area contributed by atoms with E-state index in [1.165, 1.54) is 11.8 Å². The van der Waals surface area contributed by atoms with E-state index in [1.807, 2.05) is 6.26 Å². The normalized spacial score (nSPS) is 26.2. The fourth-order valence-corrected chi connectivity index (χ4v) is 3.22. The van der Waals surface area contributed by atoms with E-state index in [1.54, 1.807) is 18.3 Å². The molecule has 0 aliphatic heterocycles. The SMILES string of the molecule is CSc1ncccc1C(=O)NC1(CO)CCC(C)CC1. The highest BCUT2D eigenvalue weighted by molar-refractivity contribution is 7.98. The van der Waals surface area contributed by atoms with E-state index in [-0.39, 0.29) is 12.5 Å². The number of aliphatic hydroxyl groups is 1. The van der Waals surface area contributed by atoms with Gasteiger partial charge in [-0.25, -0.2) is 4.98 Å². The van der Waals surface area contributed by atoms with Gasteiger partial charge in [-0.15, -0.1) is 11.8 Å². The third kappa shape index (κ3) is 3.33. The van der Waals surface area contributed by atoms with Gasteiger partial charge in [0.25, 0.3) is 5.91 Å². The van der Waals surface area contributed by atoms with Gasteiger partial charge >= 0.3 is 0 Å². The fourth-order valence-electron chi connectivity index (χ4n) is 2.67. The molecule has 1 amide bonds. The third-order valence-corrected chi connectivity index (χ3v) is 4.83. The molecular weight excluding hydrogens is 272 g/mol. The Morgan fingerprint density at radius 3 is 2.85 bits per heavy atom. The number of hydrogen-bond donors (Lipinski definition) is 2. The summed E-state index contributed by atoms with van der Waals surface area (Å²) >= 11 is 1.46. The number of carbonyl (C=O) groups excluding carboxylic acids is 1. The number of nitrogens with zero attached hydrogens (tertiary/aromatic N) is 1. The van der Waals surface area contributed by atoms with E-state index in [9.17, 15) is 9.90 Å². The van der Waals surface area contributed by atoms with Crippen LogP contribution in [0.15, 0.2) is 23.4 Å². The Bertz CT molecular complexity index is 471. The lowest BCUT2D eigenvalue weighted by atomic mass is 9.77. The van der Waals surface area contributed by atoms with Crippen LogP contribution >= 0.6 is 11.8 Å². The molecule has 20 heavy (non-hydrogen) atoms. The number of aromatic nitrogens is 1. The molecule has 0 aromatic carbocycles. The highest BCUT2D eigenvalue weighted by atomic mass is 32.2. The summed E-state index contributed by atoms with van der Waals surface area (Å²) < 4.78 is 0. The Balaban J connectivity index is 2.13. The smallest absolute Gasteiger partial charge is 0.254 e. The maximum absolute atomic E-state index is 12.5. The van der Waals surface area contributed by atoms with E-state index < -0.39 is 5.54 Å². The second-order valence-corrected chi connectivity index (χ2v) is 6.43. The van der Waals surface area contributed by atoms with Gasteiger partial charge in [-0.2, -0.15) is 0 Å². The van der Waals surface area contributed by atoms with Crippen LogP contribution in [-0.4, -0.2) is 34.4 Å². The molecule has 2 rings (SSSR count). The lowest BCUT2D eigenvalue weighted by Crippen LogP contribution is -2.53. The molecule has 1 fully saturated rings. The molecule has 2 N–H and O–H groups in total. The number of hydrogen-bond acceptors (Lipinski definition) is 4. The molecule has 0 radical (unpaired) electrons. The van der Waals surface area contributed by atoms with E-state index in [0.29, 0.717) is 11.5 Å². The average molecular weight is 294 g/mol. The number of pyridine rings is 1. The van der Waals surface area contributed by atoms with Crippen LogP contribution in [0.3, 0.4) is 0 Å². The molecule has 1 aromatic heterocycles. The predicted molar refractivity (Wildman–Crippen MR) is 80.9 cm³/mol. The summed E-state index contributed by atoms with van der Waals surface area (Å²) in [6.07, 6.45) is 7.36. The molecule has 0 saturated heterocycles. The third-order valence-electron chi connectivity index (χ3n) is 4.12. The molecule has 5 heteroatoms. The first-order valence-electron chi connectivity index (χ1n) is 7.02. The van der Waals surface area contributed by atoms with Crippen LogP contribution in [0.2, 0.25) is 0 Å². The summed E-state index contributed by atoms with van der Waals surface area (Å²) in [7, 11) is 0. The molecule has 1 saturated carbocycles. The van der Waals surface area contributed by atoms with Gasteiger partial charge in [-0.1, -0.05) is 6.92 Å². The van der Waals surface area contributed by atoms with Crippen LogP contribution < -0.4 is 5.32 Å². The van der Waals surface area contributed by atoms with Crippen LogP contribution in [0, 0.1) is 5.92 Å². The van der Waals surface area contributed by atoms with E-state index in [0.717, 1.165) is 30.7 Å². The molecular formula is C15H22N2O2S. The first-order chi connectivity index (χ1) is 9.60. The van der Waals surface area contributed by atoms with Crippen LogP contribution in [0.1, 0.15) is 43.0 Å². The van der Waals surface area contributed by atoms with Gasteiger partial charge in [0.05, 0.1) is 17.7 Å². The summed E-state index contributed by atoms with van der Waals surface area (Å²) in [4.78, 5) is 16.7. The molecule has 1 aliphatic rings.